The minimum absolute atomic E-state index is 0.0408. The fourth-order valence-electron chi connectivity index (χ4n) is 3.29. The topological polar surface area (TPSA) is 29.5 Å². The zero-order valence-corrected chi connectivity index (χ0v) is 11.6. The van der Waals surface area contributed by atoms with Crippen LogP contribution in [0.4, 0.5) is 4.39 Å². The van der Waals surface area contributed by atoms with Crippen LogP contribution in [0.2, 0.25) is 0 Å². The second-order valence-corrected chi connectivity index (χ2v) is 6.23. The minimum atomic E-state index is -0.286. The maximum atomic E-state index is 13.1. The zero-order chi connectivity index (χ0) is 12.8. The van der Waals surface area contributed by atoms with E-state index in [0.717, 1.165) is 12.8 Å². The van der Waals surface area contributed by atoms with E-state index >= 15 is 0 Å². The van der Waals surface area contributed by atoms with Crippen LogP contribution in [0.1, 0.15) is 32.1 Å². The van der Waals surface area contributed by atoms with Gasteiger partial charge in [-0.05, 0) is 47.0 Å². The van der Waals surface area contributed by atoms with E-state index in [-0.39, 0.29) is 23.4 Å². The third-order valence-electron chi connectivity index (χ3n) is 4.45. The van der Waals surface area contributed by atoms with Gasteiger partial charge in [0, 0.05) is 11.8 Å². The highest BCUT2D eigenvalue weighted by atomic mass is 79.9. The molecule has 0 aromatic heterocycles. The molecular weight excluding hydrogens is 299 g/mol. The Morgan fingerprint density at radius 2 is 2.06 bits per heavy atom. The molecular formula is C14H16BrFO2. The van der Waals surface area contributed by atoms with Crippen molar-refractivity contribution in [2.75, 3.05) is 0 Å². The summed E-state index contributed by atoms with van der Waals surface area (Å²) in [6, 6.07) is 4.70. The Morgan fingerprint density at radius 3 is 2.67 bits per heavy atom. The van der Waals surface area contributed by atoms with Crippen molar-refractivity contribution in [1.29, 1.82) is 0 Å². The molecule has 98 valence electrons. The number of aliphatic hydroxyl groups is 1. The van der Waals surface area contributed by atoms with E-state index < -0.39 is 0 Å². The third-order valence-corrected chi connectivity index (χ3v) is 5.05. The highest BCUT2D eigenvalue weighted by molar-refractivity contribution is 9.10. The van der Waals surface area contributed by atoms with Gasteiger partial charge in [-0.1, -0.05) is 12.8 Å². The fraction of sp³-hybridized carbons (Fsp3) is 0.571. The summed E-state index contributed by atoms with van der Waals surface area (Å²) < 4.78 is 19.5. The van der Waals surface area contributed by atoms with Crippen molar-refractivity contribution in [3.8, 4) is 5.75 Å². The SMILES string of the molecule is OC1CC(Oc2ccc(F)c(Br)c2)C12CCCC2. The molecule has 2 nitrogen and oxygen atoms in total. The number of aliphatic hydroxyl groups excluding tert-OH is 1. The van der Waals surface area contributed by atoms with Gasteiger partial charge in [-0.25, -0.2) is 4.39 Å². The number of rotatable bonds is 2. The summed E-state index contributed by atoms with van der Waals surface area (Å²) >= 11 is 3.16. The molecule has 2 aliphatic carbocycles. The first-order valence-electron chi connectivity index (χ1n) is 6.41. The first kappa shape index (κ1) is 12.4. The van der Waals surface area contributed by atoms with E-state index in [1.807, 2.05) is 0 Å². The summed E-state index contributed by atoms with van der Waals surface area (Å²) in [4.78, 5) is 0. The Bertz CT molecular complexity index is 457. The molecule has 1 N–H and O–H groups in total. The van der Waals surface area contributed by atoms with Gasteiger partial charge in [0.1, 0.15) is 17.7 Å². The molecule has 1 spiro atoms. The molecule has 0 amide bonds. The average molecular weight is 315 g/mol. The summed E-state index contributed by atoms with van der Waals surface area (Å²) in [5, 5.41) is 10.00. The van der Waals surface area contributed by atoms with E-state index in [2.05, 4.69) is 15.9 Å². The van der Waals surface area contributed by atoms with Gasteiger partial charge in [-0.3, -0.25) is 0 Å². The maximum absolute atomic E-state index is 13.1. The van der Waals surface area contributed by atoms with E-state index in [4.69, 9.17) is 4.74 Å². The van der Waals surface area contributed by atoms with Crippen molar-refractivity contribution in [3.63, 3.8) is 0 Å². The molecule has 2 aliphatic rings. The number of ether oxygens (including phenoxy) is 1. The zero-order valence-electron chi connectivity index (χ0n) is 10.0. The Balaban J connectivity index is 1.75. The van der Waals surface area contributed by atoms with Crippen molar-refractivity contribution in [3.05, 3.63) is 28.5 Å². The fourth-order valence-corrected chi connectivity index (χ4v) is 3.65. The molecule has 18 heavy (non-hydrogen) atoms. The van der Waals surface area contributed by atoms with Crippen LogP contribution in [0.25, 0.3) is 0 Å². The highest BCUT2D eigenvalue weighted by Crippen LogP contribution is 2.54. The van der Waals surface area contributed by atoms with Gasteiger partial charge >= 0.3 is 0 Å². The lowest BCUT2D eigenvalue weighted by atomic mass is 9.62. The van der Waals surface area contributed by atoms with Crippen molar-refractivity contribution in [2.45, 2.75) is 44.3 Å². The van der Waals surface area contributed by atoms with Crippen LogP contribution in [0, 0.1) is 11.2 Å². The molecule has 0 aliphatic heterocycles. The lowest BCUT2D eigenvalue weighted by molar-refractivity contribution is -0.152. The van der Waals surface area contributed by atoms with Crippen LogP contribution in [0.5, 0.6) is 5.75 Å². The van der Waals surface area contributed by atoms with E-state index in [1.54, 1.807) is 12.1 Å². The summed E-state index contributed by atoms with van der Waals surface area (Å²) in [7, 11) is 0. The largest absolute Gasteiger partial charge is 0.490 e. The first-order valence-corrected chi connectivity index (χ1v) is 7.21. The molecule has 3 rings (SSSR count). The number of benzene rings is 1. The standard InChI is InChI=1S/C14H16BrFO2/c15-10-7-9(3-4-11(10)16)18-13-8-12(17)14(13)5-1-2-6-14/h3-4,7,12-13,17H,1-2,5-6,8H2. The molecule has 2 saturated carbocycles. The molecule has 2 fully saturated rings. The van der Waals surface area contributed by atoms with Crippen molar-refractivity contribution in [2.24, 2.45) is 5.41 Å². The Kier molecular flexibility index (Phi) is 3.10. The molecule has 0 radical (unpaired) electrons. The second kappa shape index (κ2) is 4.49. The second-order valence-electron chi connectivity index (χ2n) is 5.37. The average Bonchev–Trinajstić information content (AvgIpc) is 2.85. The Labute approximate surface area is 114 Å². The smallest absolute Gasteiger partial charge is 0.137 e. The summed E-state index contributed by atoms with van der Waals surface area (Å²) in [5.41, 5.74) is -0.0408. The third kappa shape index (κ3) is 1.86. The van der Waals surface area contributed by atoms with Crippen molar-refractivity contribution in [1.82, 2.24) is 0 Å². The Hall–Kier alpha value is -0.610. The van der Waals surface area contributed by atoms with Crippen LogP contribution < -0.4 is 4.74 Å². The maximum Gasteiger partial charge on any atom is 0.137 e. The molecule has 1 aromatic carbocycles. The van der Waals surface area contributed by atoms with Crippen LogP contribution in [0.3, 0.4) is 0 Å². The molecule has 2 atom stereocenters. The van der Waals surface area contributed by atoms with E-state index in [9.17, 15) is 9.50 Å². The van der Waals surface area contributed by atoms with Crippen LogP contribution in [0.15, 0.2) is 22.7 Å². The molecule has 4 heteroatoms. The lowest BCUT2D eigenvalue weighted by Crippen LogP contribution is -2.58. The normalized spacial score (nSPS) is 29.3. The molecule has 0 saturated heterocycles. The first-order chi connectivity index (χ1) is 8.62. The minimum Gasteiger partial charge on any atom is -0.490 e. The highest BCUT2D eigenvalue weighted by Gasteiger charge is 2.57. The predicted octanol–water partition coefficient (Wildman–Crippen LogP) is 3.66. The van der Waals surface area contributed by atoms with Crippen LogP contribution in [-0.2, 0) is 0 Å². The number of halogens is 2. The van der Waals surface area contributed by atoms with Crippen LogP contribution >= 0.6 is 15.9 Å². The van der Waals surface area contributed by atoms with Gasteiger partial charge in [-0.15, -0.1) is 0 Å². The molecule has 1 aromatic rings. The molecule has 0 heterocycles. The van der Waals surface area contributed by atoms with Gasteiger partial charge in [-0.2, -0.15) is 0 Å². The lowest BCUT2D eigenvalue weighted by Gasteiger charge is -2.51. The van der Waals surface area contributed by atoms with Crippen molar-refractivity contribution < 1.29 is 14.2 Å². The van der Waals surface area contributed by atoms with Gasteiger partial charge in [0.25, 0.3) is 0 Å². The Morgan fingerprint density at radius 1 is 1.33 bits per heavy atom. The quantitative estimate of drug-likeness (QED) is 0.902. The summed E-state index contributed by atoms with van der Waals surface area (Å²) in [6.07, 6.45) is 4.96. The molecule has 2 unspecified atom stereocenters. The number of hydrogen-bond acceptors (Lipinski definition) is 2. The monoisotopic (exact) mass is 314 g/mol. The van der Waals surface area contributed by atoms with E-state index in [0.29, 0.717) is 16.6 Å². The van der Waals surface area contributed by atoms with Crippen LogP contribution in [-0.4, -0.2) is 17.3 Å². The van der Waals surface area contributed by atoms with Gasteiger partial charge < -0.3 is 9.84 Å². The summed E-state index contributed by atoms with van der Waals surface area (Å²) in [5.74, 6) is 0.387. The number of hydrogen-bond donors (Lipinski definition) is 1. The predicted molar refractivity (Wildman–Crippen MR) is 70.0 cm³/mol. The summed E-state index contributed by atoms with van der Waals surface area (Å²) in [6.45, 7) is 0. The van der Waals surface area contributed by atoms with Crippen molar-refractivity contribution >= 4 is 15.9 Å². The van der Waals surface area contributed by atoms with E-state index in [1.165, 1.54) is 18.9 Å². The van der Waals surface area contributed by atoms with Gasteiger partial charge in [0.2, 0.25) is 0 Å². The molecule has 0 bridgehead atoms. The van der Waals surface area contributed by atoms with Gasteiger partial charge in [0.05, 0.1) is 10.6 Å². The van der Waals surface area contributed by atoms with Gasteiger partial charge in [0.15, 0.2) is 0 Å².